The van der Waals surface area contributed by atoms with Gasteiger partial charge in [0.05, 0.1) is 10.6 Å². The number of carbonyl (C=O) groups is 1. The molecule has 3 aromatic rings. The molecule has 130 valence electrons. The molecule has 0 bridgehead atoms. The zero-order valence-electron chi connectivity index (χ0n) is 13.2. The third-order valence-electron chi connectivity index (χ3n) is 3.31. The molecule has 0 unspecified atom stereocenters. The third-order valence-corrected chi connectivity index (χ3v) is 5.51. The normalized spacial score (nSPS) is 10.9. The van der Waals surface area contributed by atoms with Crippen molar-refractivity contribution in [3.05, 3.63) is 57.9 Å². The standard InChI is InChI=1S/C17H14F2N2O2S2/c1-10-14(25-16(21-10)13-6-3-7-24-13)15(22)20-9-11-4-2-5-12(8-11)23-17(18)19/h2-8,17H,9H2,1H3,(H,20,22). The van der Waals surface area contributed by atoms with Crippen LogP contribution in [0, 0.1) is 6.92 Å². The molecule has 1 N–H and O–H groups in total. The van der Waals surface area contributed by atoms with E-state index in [4.69, 9.17) is 0 Å². The van der Waals surface area contributed by atoms with E-state index in [2.05, 4.69) is 15.0 Å². The van der Waals surface area contributed by atoms with E-state index in [0.29, 0.717) is 16.1 Å². The summed E-state index contributed by atoms with van der Waals surface area (Å²) in [6.07, 6.45) is 0. The average Bonchev–Trinajstić information content (AvgIpc) is 3.21. The lowest BCUT2D eigenvalue weighted by molar-refractivity contribution is -0.0498. The number of hydrogen-bond acceptors (Lipinski definition) is 5. The lowest BCUT2D eigenvalue weighted by Gasteiger charge is -2.08. The molecule has 2 heterocycles. The quantitative estimate of drug-likeness (QED) is 0.674. The fourth-order valence-corrected chi connectivity index (χ4v) is 3.99. The molecule has 0 saturated heterocycles. The average molecular weight is 380 g/mol. The highest BCUT2D eigenvalue weighted by atomic mass is 32.1. The van der Waals surface area contributed by atoms with Gasteiger partial charge in [0.1, 0.15) is 15.6 Å². The van der Waals surface area contributed by atoms with Gasteiger partial charge in [-0.15, -0.1) is 22.7 Å². The van der Waals surface area contributed by atoms with E-state index in [-0.39, 0.29) is 18.2 Å². The van der Waals surface area contributed by atoms with Gasteiger partial charge in [0.2, 0.25) is 0 Å². The predicted molar refractivity (Wildman–Crippen MR) is 94.4 cm³/mol. The number of alkyl halides is 2. The Bertz CT molecular complexity index is 863. The zero-order chi connectivity index (χ0) is 17.8. The van der Waals surface area contributed by atoms with E-state index in [1.165, 1.54) is 23.5 Å². The maximum atomic E-state index is 12.4. The van der Waals surface area contributed by atoms with Crippen molar-refractivity contribution in [2.24, 2.45) is 0 Å². The summed E-state index contributed by atoms with van der Waals surface area (Å²) in [6.45, 7) is -0.870. The minimum absolute atomic E-state index is 0.0655. The Labute approximate surface area is 151 Å². The van der Waals surface area contributed by atoms with Crippen LogP contribution >= 0.6 is 22.7 Å². The van der Waals surface area contributed by atoms with Crippen LogP contribution in [-0.4, -0.2) is 17.5 Å². The first kappa shape index (κ1) is 17.5. The molecule has 0 radical (unpaired) electrons. The largest absolute Gasteiger partial charge is 0.435 e. The van der Waals surface area contributed by atoms with Gasteiger partial charge in [0.25, 0.3) is 5.91 Å². The Kier molecular flexibility index (Phi) is 5.40. The van der Waals surface area contributed by atoms with E-state index in [0.717, 1.165) is 9.88 Å². The molecular weight excluding hydrogens is 366 g/mol. The van der Waals surface area contributed by atoms with Crippen molar-refractivity contribution in [1.29, 1.82) is 0 Å². The van der Waals surface area contributed by atoms with Gasteiger partial charge < -0.3 is 10.1 Å². The zero-order valence-corrected chi connectivity index (χ0v) is 14.8. The van der Waals surface area contributed by atoms with Crippen LogP contribution in [0.2, 0.25) is 0 Å². The Morgan fingerprint density at radius 2 is 2.16 bits per heavy atom. The second-order valence-electron chi connectivity index (χ2n) is 5.12. The lowest BCUT2D eigenvalue weighted by Crippen LogP contribution is -2.22. The number of thiazole rings is 1. The molecule has 0 saturated carbocycles. The highest BCUT2D eigenvalue weighted by molar-refractivity contribution is 7.22. The minimum Gasteiger partial charge on any atom is -0.435 e. The number of aryl methyl sites for hydroxylation is 1. The van der Waals surface area contributed by atoms with Crippen LogP contribution in [0.3, 0.4) is 0 Å². The molecule has 0 spiro atoms. The number of halogens is 2. The van der Waals surface area contributed by atoms with Gasteiger partial charge in [-0.25, -0.2) is 4.98 Å². The van der Waals surface area contributed by atoms with Gasteiger partial charge in [-0.05, 0) is 36.1 Å². The molecule has 1 aromatic carbocycles. The van der Waals surface area contributed by atoms with E-state index >= 15 is 0 Å². The third kappa shape index (κ3) is 4.40. The summed E-state index contributed by atoms with van der Waals surface area (Å²) in [4.78, 5) is 18.4. The summed E-state index contributed by atoms with van der Waals surface area (Å²) in [5.74, 6) is -0.173. The fraction of sp³-hybridized carbons (Fsp3) is 0.176. The highest BCUT2D eigenvalue weighted by Crippen LogP contribution is 2.31. The van der Waals surface area contributed by atoms with Crippen molar-refractivity contribution in [3.63, 3.8) is 0 Å². The second kappa shape index (κ2) is 7.71. The van der Waals surface area contributed by atoms with Crippen LogP contribution < -0.4 is 10.1 Å². The first-order chi connectivity index (χ1) is 12.0. The van der Waals surface area contributed by atoms with Crippen molar-refractivity contribution in [2.45, 2.75) is 20.1 Å². The first-order valence-electron chi connectivity index (χ1n) is 7.36. The molecule has 1 amide bonds. The van der Waals surface area contributed by atoms with Gasteiger partial charge in [0.15, 0.2) is 0 Å². The van der Waals surface area contributed by atoms with Gasteiger partial charge in [-0.3, -0.25) is 4.79 Å². The summed E-state index contributed by atoms with van der Waals surface area (Å²) in [5, 5.41) is 5.56. The number of amides is 1. The summed E-state index contributed by atoms with van der Waals surface area (Å²) in [7, 11) is 0. The van der Waals surface area contributed by atoms with Crippen molar-refractivity contribution in [1.82, 2.24) is 10.3 Å². The molecule has 0 aliphatic rings. The van der Waals surface area contributed by atoms with Gasteiger partial charge >= 0.3 is 6.61 Å². The van der Waals surface area contributed by atoms with E-state index < -0.39 is 6.61 Å². The number of ether oxygens (including phenoxy) is 1. The van der Waals surface area contributed by atoms with Crippen LogP contribution in [-0.2, 0) is 6.54 Å². The number of aromatic nitrogens is 1. The number of nitrogens with one attached hydrogen (secondary N) is 1. The number of benzene rings is 1. The summed E-state index contributed by atoms with van der Waals surface area (Å²) >= 11 is 2.90. The van der Waals surface area contributed by atoms with Crippen molar-refractivity contribution >= 4 is 28.6 Å². The van der Waals surface area contributed by atoms with E-state index in [9.17, 15) is 13.6 Å². The predicted octanol–water partition coefficient (Wildman–Crippen LogP) is 4.71. The molecule has 25 heavy (non-hydrogen) atoms. The van der Waals surface area contributed by atoms with Crippen LogP contribution in [0.25, 0.3) is 9.88 Å². The Balaban J connectivity index is 1.67. The Hall–Kier alpha value is -2.32. The molecule has 8 heteroatoms. The van der Waals surface area contributed by atoms with E-state index in [1.807, 2.05) is 17.5 Å². The number of thiophene rings is 1. The van der Waals surface area contributed by atoms with Crippen molar-refractivity contribution < 1.29 is 18.3 Å². The molecule has 3 rings (SSSR count). The van der Waals surface area contributed by atoms with Gasteiger partial charge in [0, 0.05) is 6.54 Å². The topological polar surface area (TPSA) is 51.2 Å². The first-order valence-corrected chi connectivity index (χ1v) is 9.06. The van der Waals surface area contributed by atoms with Crippen LogP contribution in [0.4, 0.5) is 8.78 Å². The van der Waals surface area contributed by atoms with Crippen LogP contribution in [0.15, 0.2) is 41.8 Å². The number of rotatable bonds is 6. The number of nitrogens with zero attached hydrogens (tertiary/aromatic N) is 1. The smallest absolute Gasteiger partial charge is 0.387 e. The monoisotopic (exact) mass is 380 g/mol. The maximum absolute atomic E-state index is 12.4. The van der Waals surface area contributed by atoms with Gasteiger partial charge in [-0.2, -0.15) is 8.78 Å². The maximum Gasteiger partial charge on any atom is 0.387 e. The fourth-order valence-electron chi connectivity index (χ4n) is 2.21. The van der Waals surface area contributed by atoms with Gasteiger partial charge in [-0.1, -0.05) is 18.2 Å². The van der Waals surface area contributed by atoms with Crippen LogP contribution in [0.1, 0.15) is 20.9 Å². The minimum atomic E-state index is -2.87. The molecule has 0 atom stereocenters. The van der Waals surface area contributed by atoms with E-state index in [1.54, 1.807) is 30.4 Å². The van der Waals surface area contributed by atoms with Crippen molar-refractivity contribution in [2.75, 3.05) is 0 Å². The molecule has 0 aliphatic heterocycles. The Morgan fingerprint density at radius 3 is 2.88 bits per heavy atom. The summed E-state index contributed by atoms with van der Waals surface area (Å²) in [5.41, 5.74) is 1.34. The summed E-state index contributed by atoms with van der Waals surface area (Å²) < 4.78 is 28.9. The molecule has 4 nitrogen and oxygen atoms in total. The number of carbonyl (C=O) groups excluding carboxylic acids is 1. The van der Waals surface area contributed by atoms with Crippen LogP contribution in [0.5, 0.6) is 5.75 Å². The molecular formula is C17H14F2N2O2S2. The summed E-state index contributed by atoms with van der Waals surface area (Å²) in [6, 6.07) is 10.1. The molecule has 0 fully saturated rings. The number of hydrogen-bond donors (Lipinski definition) is 1. The lowest BCUT2D eigenvalue weighted by atomic mass is 10.2. The van der Waals surface area contributed by atoms with Crippen molar-refractivity contribution in [3.8, 4) is 15.6 Å². The second-order valence-corrected chi connectivity index (χ2v) is 7.07. The Morgan fingerprint density at radius 1 is 1.32 bits per heavy atom. The SMILES string of the molecule is Cc1nc(-c2cccs2)sc1C(=O)NCc1cccc(OC(F)F)c1. The molecule has 2 aromatic heterocycles. The highest BCUT2D eigenvalue weighted by Gasteiger charge is 2.16. The molecule has 0 aliphatic carbocycles.